The van der Waals surface area contributed by atoms with Gasteiger partial charge in [0.15, 0.2) is 0 Å². The Morgan fingerprint density at radius 2 is 1.84 bits per heavy atom. The average Bonchev–Trinajstić information content (AvgIpc) is 2.63. The first-order chi connectivity index (χ1) is 12.1. The molecule has 5 nitrogen and oxygen atoms in total. The number of hydrogen-bond acceptors (Lipinski definition) is 3. The number of hydrogen-bond donors (Lipinski definition) is 1. The maximum absolute atomic E-state index is 12.4. The third-order valence-corrected chi connectivity index (χ3v) is 5.65. The van der Waals surface area contributed by atoms with Crippen molar-refractivity contribution in [2.45, 2.75) is 32.4 Å². The molecule has 2 fully saturated rings. The molecule has 1 N–H and O–H groups in total. The van der Waals surface area contributed by atoms with Gasteiger partial charge in [0.1, 0.15) is 0 Å². The van der Waals surface area contributed by atoms with Crippen LogP contribution in [-0.4, -0.2) is 73.1 Å². The van der Waals surface area contributed by atoms with Crippen molar-refractivity contribution in [2.75, 3.05) is 46.3 Å². The number of carbonyl (C=O) groups is 1. The van der Waals surface area contributed by atoms with E-state index < -0.39 is 0 Å². The highest BCUT2D eigenvalue weighted by Gasteiger charge is 2.27. The van der Waals surface area contributed by atoms with Gasteiger partial charge in [0.2, 0.25) is 0 Å². The number of carbonyl (C=O) groups excluding carboxylic acids is 1. The summed E-state index contributed by atoms with van der Waals surface area (Å²) in [5.74, 6) is 0.726. The van der Waals surface area contributed by atoms with E-state index in [9.17, 15) is 4.79 Å². The van der Waals surface area contributed by atoms with Crippen LogP contribution in [0.25, 0.3) is 0 Å². The minimum atomic E-state index is 0.0790. The summed E-state index contributed by atoms with van der Waals surface area (Å²) >= 11 is 0. The van der Waals surface area contributed by atoms with Crippen LogP contribution in [-0.2, 0) is 6.54 Å². The molecular formula is C20H32N4O. The summed E-state index contributed by atoms with van der Waals surface area (Å²) in [6.45, 7) is 9.41. The number of piperidine rings is 1. The number of amides is 2. The van der Waals surface area contributed by atoms with E-state index >= 15 is 0 Å². The van der Waals surface area contributed by atoms with Gasteiger partial charge in [-0.25, -0.2) is 4.79 Å². The minimum Gasteiger partial charge on any atom is -0.334 e. The maximum Gasteiger partial charge on any atom is 0.317 e. The first-order valence-electron chi connectivity index (χ1n) is 9.61. The molecule has 1 aromatic carbocycles. The lowest BCUT2D eigenvalue weighted by Crippen LogP contribution is -2.53. The molecule has 0 aliphatic carbocycles. The summed E-state index contributed by atoms with van der Waals surface area (Å²) in [7, 11) is 2.21. The first kappa shape index (κ1) is 18.2. The summed E-state index contributed by atoms with van der Waals surface area (Å²) in [4.78, 5) is 19.4. The molecule has 1 atom stereocenters. The Morgan fingerprint density at radius 3 is 2.52 bits per heavy atom. The standard InChI is InChI=1S/C20H32N4O/c1-17-15-22(2)12-13-24(17)16-19-8-10-23(11-9-19)20(25)21-14-18-6-4-3-5-7-18/h3-7,17,19H,8-16H2,1-2H3,(H,21,25)/t17-/m0/s1. The van der Waals surface area contributed by atoms with E-state index in [1.807, 2.05) is 35.2 Å². The second kappa shape index (κ2) is 8.68. The fourth-order valence-corrected chi connectivity index (χ4v) is 3.98. The summed E-state index contributed by atoms with van der Waals surface area (Å²) in [6, 6.07) is 10.8. The molecule has 25 heavy (non-hydrogen) atoms. The van der Waals surface area contributed by atoms with Crippen molar-refractivity contribution in [1.29, 1.82) is 0 Å². The van der Waals surface area contributed by atoms with Crippen LogP contribution >= 0.6 is 0 Å². The van der Waals surface area contributed by atoms with Crippen LogP contribution in [0.3, 0.4) is 0 Å². The molecule has 3 rings (SSSR count). The van der Waals surface area contributed by atoms with Crippen LogP contribution in [0.15, 0.2) is 30.3 Å². The number of likely N-dealkylation sites (N-methyl/N-ethyl adjacent to an activating group) is 1. The molecule has 0 radical (unpaired) electrons. The maximum atomic E-state index is 12.4. The Labute approximate surface area is 152 Å². The minimum absolute atomic E-state index is 0.0790. The Morgan fingerprint density at radius 1 is 1.12 bits per heavy atom. The molecule has 0 spiro atoms. The van der Waals surface area contributed by atoms with Crippen LogP contribution in [0.5, 0.6) is 0 Å². The lowest BCUT2D eigenvalue weighted by atomic mass is 9.95. The van der Waals surface area contributed by atoms with Crippen LogP contribution < -0.4 is 5.32 Å². The van der Waals surface area contributed by atoms with Crippen molar-refractivity contribution in [2.24, 2.45) is 5.92 Å². The van der Waals surface area contributed by atoms with Crippen LogP contribution in [0.2, 0.25) is 0 Å². The number of benzene rings is 1. The quantitative estimate of drug-likeness (QED) is 0.910. The van der Waals surface area contributed by atoms with Crippen molar-refractivity contribution >= 4 is 6.03 Å². The van der Waals surface area contributed by atoms with Gasteiger partial charge < -0.3 is 15.1 Å². The number of urea groups is 1. The van der Waals surface area contributed by atoms with Gasteiger partial charge in [0, 0.05) is 51.9 Å². The molecule has 2 amide bonds. The van der Waals surface area contributed by atoms with Crippen molar-refractivity contribution in [1.82, 2.24) is 20.0 Å². The molecule has 0 aromatic heterocycles. The molecular weight excluding hydrogens is 312 g/mol. The normalized spacial score (nSPS) is 23.6. The molecule has 0 bridgehead atoms. The molecule has 5 heteroatoms. The third-order valence-electron chi connectivity index (χ3n) is 5.65. The molecule has 138 valence electrons. The fourth-order valence-electron chi connectivity index (χ4n) is 3.98. The molecule has 2 aliphatic rings. The summed E-state index contributed by atoms with van der Waals surface area (Å²) in [6.07, 6.45) is 2.25. The van der Waals surface area contributed by atoms with Gasteiger partial charge >= 0.3 is 6.03 Å². The van der Waals surface area contributed by atoms with Crippen molar-refractivity contribution in [3.8, 4) is 0 Å². The van der Waals surface area contributed by atoms with E-state index in [4.69, 9.17) is 0 Å². The largest absolute Gasteiger partial charge is 0.334 e. The van der Waals surface area contributed by atoms with E-state index in [0.29, 0.717) is 12.6 Å². The molecule has 2 aliphatic heterocycles. The zero-order valence-electron chi connectivity index (χ0n) is 15.7. The zero-order valence-corrected chi connectivity index (χ0v) is 15.7. The van der Waals surface area contributed by atoms with Crippen LogP contribution in [0.1, 0.15) is 25.3 Å². The van der Waals surface area contributed by atoms with Gasteiger partial charge in [-0.15, -0.1) is 0 Å². The van der Waals surface area contributed by atoms with Gasteiger partial charge in [-0.2, -0.15) is 0 Å². The highest BCUT2D eigenvalue weighted by atomic mass is 16.2. The second-order valence-electron chi connectivity index (χ2n) is 7.68. The molecule has 1 aromatic rings. The Bertz CT molecular complexity index is 542. The Hall–Kier alpha value is -1.59. The lowest BCUT2D eigenvalue weighted by molar-refractivity contribution is 0.0712. The molecule has 0 unspecified atom stereocenters. The van der Waals surface area contributed by atoms with E-state index in [1.165, 1.54) is 26.2 Å². The van der Waals surface area contributed by atoms with Gasteiger partial charge in [-0.05, 0) is 38.3 Å². The SMILES string of the molecule is C[C@H]1CN(C)CCN1CC1CCN(C(=O)NCc2ccccc2)CC1. The predicted molar refractivity (Wildman–Crippen MR) is 102 cm³/mol. The number of nitrogens with one attached hydrogen (secondary N) is 1. The van der Waals surface area contributed by atoms with Crippen LogP contribution in [0, 0.1) is 5.92 Å². The van der Waals surface area contributed by atoms with Crippen molar-refractivity contribution in [3.63, 3.8) is 0 Å². The fraction of sp³-hybridized carbons (Fsp3) is 0.650. The van der Waals surface area contributed by atoms with E-state index in [-0.39, 0.29) is 6.03 Å². The summed E-state index contributed by atoms with van der Waals surface area (Å²) in [5, 5.41) is 3.05. The smallest absolute Gasteiger partial charge is 0.317 e. The van der Waals surface area contributed by atoms with Crippen molar-refractivity contribution in [3.05, 3.63) is 35.9 Å². The second-order valence-corrected chi connectivity index (χ2v) is 7.68. The third kappa shape index (κ3) is 5.19. The Kier molecular flexibility index (Phi) is 6.32. The summed E-state index contributed by atoms with van der Waals surface area (Å²) in [5.41, 5.74) is 1.15. The molecule has 2 heterocycles. The van der Waals surface area contributed by atoms with Gasteiger partial charge in [-0.1, -0.05) is 30.3 Å². The summed E-state index contributed by atoms with van der Waals surface area (Å²) < 4.78 is 0. The average molecular weight is 345 g/mol. The molecule has 0 saturated carbocycles. The number of nitrogens with zero attached hydrogens (tertiary/aromatic N) is 3. The Balaban J connectivity index is 1.38. The molecule has 2 saturated heterocycles. The zero-order chi connectivity index (χ0) is 17.6. The van der Waals surface area contributed by atoms with Crippen molar-refractivity contribution < 1.29 is 4.79 Å². The van der Waals surface area contributed by atoms with Gasteiger partial charge in [0.25, 0.3) is 0 Å². The monoisotopic (exact) mass is 344 g/mol. The lowest BCUT2D eigenvalue weighted by Gasteiger charge is -2.41. The number of likely N-dealkylation sites (tertiary alicyclic amines) is 1. The first-order valence-corrected chi connectivity index (χ1v) is 9.61. The number of rotatable bonds is 4. The highest BCUT2D eigenvalue weighted by Crippen LogP contribution is 2.21. The van der Waals surface area contributed by atoms with Gasteiger partial charge in [0.05, 0.1) is 0 Å². The predicted octanol–water partition coefficient (Wildman–Crippen LogP) is 2.24. The topological polar surface area (TPSA) is 38.8 Å². The van der Waals surface area contributed by atoms with E-state index in [2.05, 4.69) is 29.1 Å². The highest BCUT2D eigenvalue weighted by molar-refractivity contribution is 5.74. The van der Waals surface area contributed by atoms with E-state index in [0.717, 1.165) is 37.4 Å². The van der Waals surface area contributed by atoms with Crippen LogP contribution in [0.4, 0.5) is 4.79 Å². The van der Waals surface area contributed by atoms with E-state index in [1.54, 1.807) is 0 Å². The number of piperazine rings is 1. The van der Waals surface area contributed by atoms with Gasteiger partial charge in [-0.3, -0.25) is 4.90 Å².